The van der Waals surface area contributed by atoms with Crippen molar-refractivity contribution in [2.45, 2.75) is 13.0 Å². The van der Waals surface area contributed by atoms with Crippen LogP contribution in [-0.4, -0.2) is 20.2 Å². The minimum absolute atomic E-state index is 0.133. The maximum Gasteiger partial charge on any atom is 0.157 e. The van der Waals surface area contributed by atoms with Crippen LogP contribution in [0.4, 0.5) is 5.69 Å². The van der Waals surface area contributed by atoms with Crippen molar-refractivity contribution in [1.82, 2.24) is 9.97 Å². The van der Waals surface area contributed by atoms with Crippen LogP contribution in [0.5, 0.6) is 11.5 Å². The van der Waals surface area contributed by atoms with Crippen LogP contribution in [0.2, 0.25) is 0 Å². The van der Waals surface area contributed by atoms with Gasteiger partial charge in [-0.2, -0.15) is 0 Å². The number of phenolic OH excluding ortho intramolecular Hbond substituents is 2. The number of anilines is 1. The number of aromatic amines is 1. The van der Waals surface area contributed by atoms with E-state index in [2.05, 4.69) is 21.4 Å². The van der Waals surface area contributed by atoms with Crippen LogP contribution in [0.15, 0.2) is 67.0 Å². The van der Waals surface area contributed by atoms with Crippen molar-refractivity contribution in [3.63, 3.8) is 0 Å². The zero-order valence-electron chi connectivity index (χ0n) is 14.3. The lowest BCUT2D eigenvalue weighted by Gasteiger charge is -2.21. The third kappa shape index (κ3) is 2.95. The van der Waals surface area contributed by atoms with Gasteiger partial charge in [0.05, 0.1) is 6.04 Å². The van der Waals surface area contributed by atoms with Crippen LogP contribution in [0, 0.1) is 6.92 Å². The first-order valence-electron chi connectivity index (χ1n) is 8.39. The Labute approximate surface area is 151 Å². The Kier molecular flexibility index (Phi) is 3.97. The Morgan fingerprint density at radius 3 is 2.65 bits per heavy atom. The molecule has 26 heavy (non-hydrogen) atoms. The largest absolute Gasteiger partial charge is 0.504 e. The molecule has 4 rings (SSSR count). The molecule has 1 unspecified atom stereocenters. The summed E-state index contributed by atoms with van der Waals surface area (Å²) in [7, 11) is 0. The van der Waals surface area contributed by atoms with Gasteiger partial charge in [-0.05, 0) is 42.8 Å². The number of nitrogens with zero attached hydrogens (tertiary/aromatic N) is 1. The number of H-pyrrole nitrogens is 1. The standard InChI is InChI=1S/C21H19N3O2/c1-13-10-15(8-9-22-13)24-21(14-6-7-19(25)20(26)11-14)17-12-23-18-5-3-2-4-16(17)18/h2-12,21,23,25-26H,1H3,(H,22,24). The van der Waals surface area contributed by atoms with Gasteiger partial charge in [-0.3, -0.25) is 4.98 Å². The molecule has 5 heteroatoms. The van der Waals surface area contributed by atoms with Crippen LogP contribution < -0.4 is 5.32 Å². The normalized spacial score (nSPS) is 12.2. The van der Waals surface area contributed by atoms with Crippen molar-refractivity contribution in [2.24, 2.45) is 0 Å². The average Bonchev–Trinajstić information content (AvgIpc) is 3.06. The molecule has 0 saturated carbocycles. The van der Waals surface area contributed by atoms with Crippen molar-refractivity contribution in [3.05, 3.63) is 83.8 Å². The molecule has 0 radical (unpaired) electrons. The Morgan fingerprint density at radius 2 is 1.85 bits per heavy atom. The zero-order chi connectivity index (χ0) is 18.1. The quantitative estimate of drug-likeness (QED) is 0.411. The summed E-state index contributed by atoms with van der Waals surface area (Å²) in [6.07, 6.45) is 3.73. The molecule has 1 atom stereocenters. The summed E-state index contributed by atoms with van der Waals surface area (Å²) in [5, 5.41) is 24.3. The molecular weight excluding hydrogens is 326 g/mol. The highest BCUT2D eigenvalue weighted by Gasteiger charge is 2.19. The zero-order valence-corrected chi connectivity index (χ0v) is 14.3. The maximum atomic E-state index is 9.97. The van der Waals surface area contributed by atoms with Gasteiger partial charge >= 0.3 is 0 Å². The number of hydrogen-bond acceptors (Lipinski definition) is 4. The smallest absolute Gasteiger partial charge is 0.157 e. The molecular formula is C21H19N3O2. The molecule has 2 aromatic heterocycles. The van der Waals surface area contributed by atoms with Gasteiger partial charge in [0.2, 0.25) is 0 Å². The summed E-state index contributed by atoms with van der Waals surface area (Å²) < 4.78 is 0. The summed E-state index contributed by atoms with van der Waals surface area (Å²) in [6, 6.07) is 16.7. The third-order valence-corrected chi connectivity index (χ3v) is 4.47. The minimum atomic E-state index is -0.209. The molecule has 4 aromatic rings. The summed E-state index contributed by atoms with van der Waals surface area (Å²) in [6.45, 7) is 1.94. The number of benzene rings is 2. The fourth-order valence-electron chi connectivity index (χ4n) is 3.20. The van der Waals surface area contributed by atoms with Crippen LogP contribution in [0.25, 0.3) is 10.9 Å². The predicted molar refractivity (Wildman–Crippen MR) is 103 cm³/mol. The number of pyridine rings is 1. The van der Waals surface area contributed by atoms with Gasteiger partial charge in [0.1, 0.15) is 0 Å². The molecule has 2 aromatic carbocycles. The molecule has 0 spiro atoms. The summed E-state index contributed by atoms with van der Waals surface area (Å²) >= 11 is 0. The number of hydrogen-bond donors (Lipinski definition) is 4. The van der Waals surface area contributed by atoms with Gasteiger partial charge in [-0.1, -0.05) is 24.3 Å². The Morgan fingerprint density at radius 1 is 1.00 bits per heavy atom. The highest BCUT2D eigenvalue weighted by molar-refractivity contribution is 5.84. The number of nitrogens with one attached hydrogen (secondary N) is 2. The van der Waals surface area contributed by atoms with E-state index in [9.17, 15) is 10.2 Å². The number of aryl methyl sites for hydroxylation is 1. The van der Waals surface area contributed by atoms with Gasteiger partial charge in [0.25, 0.3) is 0 Å². The SMILES string of the molecule is Cc1cc(NC(c2ccc(O)c(O)c2)c2c[nH]c3ccccc23)ccn1. The van der Waals surface area contributed by atoms with E-state index < -0.39 is 0 Å². The van der Waals surface area contributed by atoms with E-state index in [1.165, 1.54) is 6.07 Å². The Balaban J connectivity index is 1.84. The summed E-state index contributed by atoms with van der Waals surface area (Å²) in [4.78, 5) is 7.54. The third-order valence-electron chi connectivity index (χ3n) is 4.47. The minimum Gasteiger partial charge on any atom is -0.504 e. The number of rotatable bonds is 4. The fraction of sp³-hybridized carbons (Fsp3) is 0.0952. The van der Waals surface area contributed by atoms with Crippen molar-refractivity contribution in [3.8, 4) is 11.5 Å². The van der Waals surface area contributed by atoms with Crippen LogP contribution >= 0.6 is 0 Å². The second-order valence-corrected chi connectivity index (χ2v) is 6.30. The Bertz CT molecular complexity index is 1070. The highest BCUT2D eigenvalue weighted by Crippen LogP contribution is 2.35. The van der Waals surface area contributed by atoms with E-state index >= 15 is 0 Å². The van der Waals surface area contributed by atoms with Gasteiger partial charge < -0.3 is 20.5 Å². The molecule has 0 aliphatic carbocycles. The highest BCUT2D eigenvalue weighted by atomic mass is 16.3. The van der Waals surface area contributed by atoms with Crippen molar-refractivity contribution < 1.29 is 10.2 Å². The number of phenols is 2. The summed E-state index contributed by atoms with van der Waals surface area (Å²) in [5.74, 6) is -0.272. The van der Waals surface area contributed by atoms with Gasteiger partial charge in [-0.25, -0.2) is 0 Å². The first kappa shape index (κ1) is 16.0. The Hall–Kier alpha value is -3.47. The van der Waals surface area contributed by atoms with E-state index in [4.69, 9.17) is 0 Å². The van der Waals surface area contributed by atoms with E-state index in [0.29, 0.717) is 0 Å². The number of aromatic nitrogens is 2. The number of fused-ring (bicyclic) bond motifs is 1. The predicted octanol–water partition coefficient (Wildman–Crippen LogP) is 4.48. The second kappa shape index (κ2) is 6.44. The van der Waals surface area contributed by atoms with Crippen LogP contribution in [0.3, 0.4) is 0 Å². The van der Waals surface area contributed by atoms with Crippen molar-refractivity contribution in [1.29, 1.82) is 0 Å². The molecule has 4 N–H and O–H groups in total. The lowest BCUT2D eigenvalue weighted by Crippen LogP contribution is -2.12. The van der Waals surface area contributed by atoms with E-state index in [1.54, 1.807) is 12.3 Å². The first-order valence-corrected chi connectivity index (χ1v) is 8.39. The van der Waals surface area contributed by atoms with Gasteiger partial charge in [0.15, 0.2) is 11.5 Å². The van der Waals surface area contributed by atoms with Crippen molar-refractivity contribution in [2.75, 3.05) is 5.32 Å². The lowest BCUT2D eigenvalue weighted by atomic mass is 9.97. The van der Waals surface area contributed by atoms with E-state index in [0.717, 1.165) is 33.4 Å². The molecule has 130 valence electrons. The molecule has 0 aliphatic rings. The molecule has 0 bridgehead atoms. The van der Waals surface area contributed by atoms with Crippen LogP contribution in [0.1, 0.15) is 22.9 Å². The molecule has 0 aliphatic heterocycles. The second-order valence-electron chi connectivity index (χ2n) is 6.30. The first-order chi connectivity index (χ1) is 12.6. The average molecular weight is 345 g/mol. The van der Waals surface area contributed by atoms with E-state index in [1.807, 2.05) is 49.5 Å². The monoisotopic (exact) mass is 345 g/mol. The number of aromatic hydroxyl groups is 2. The van der Waals surface area contributed by atoms with Gasteiger partial charge in [0, 0.05) is 40.2 Å². The molecule has 0 amide bonds. The fourth-order valence-corrected chi connectivity index (χ4v) is 3.20. The van der Waals surface area contributed by atoms with Crippen molar-refractivity contribution >= 4 is 16.6 Å². The molecule has 2 heterocycles. The topological polar surface area (TPSA) is 81.2 Å². The molecule has 5 nitrogen and oxygen atoms in total. The summed E-state index contributed by atoms with van der Waals surface area (Å²) in [5.41, 5.74) is 4.80. The molecule has 0 saturated heterocycles. The lowest BCUT2D eigenvalue weighted by molar-refractivity contribution is 0.403. The maximum absolute atomic E-state index is 9.97. The number of para-hydroxylation sites is 1. The van der Waals surface area contributed by atoms with Gasteiger partial charge in [-0.15, -0.1) is 0 Å². The van der Waals surface area contributed by atoms with E-state index in [-0.39, 0.29) is 17.5 Å². The molecule has 0 fully saturated rings. The van der Waals surface area contributed by atoms with Crippen LogP contribution in [-0.2, 0) is 0 Å².